The molecule has 4 heterocycles. The van der Waals surface area contributed by atoms with Gasteiger partial charge in [-0.1, -0.05) is 12.8 Å². The zero-order valence-electron chi connectivity index (χ0n) is 20.8. The lowest BCUT2D eigenvalue weighted by atomic mass is 9.81. The van der Waals surface area contributed by atoms with Crippen LogP contribution in [-0.2, 0) is 15.0 Å². The number of likely N-dealkylation sites (N-methyl/N-ethyl adjacent to an activating group) is 1. The highest BCUT2D eigenvalue weighted by molar-refractivity contribution is 6.22. The molecule has 1 aromatic heterocycles. The first-order valence-corrected chi connectivity index (χ1v) is 12.9. The molecule has 2 amide bonds. The van der Waals surface area contributed by atoms with Crippen molar-refractivity contribution in [1.29, 1.82) is 0 Å². The number of anilines is 4. The number of hydrogen-bond donors (Lipinski definition) is 2. The minimum Gasteiger partial charge on any atom is -0.368 e. The third kappa shape index (κ3) is 3.53. The molecule has 4 aliphatic rings. The summed E-state index contributed by atoms with van der Waals surface area (Å²) >= 11 is 0. The highest BCUT2D eigenvalue weighted by atomic mass is 19.1. The van der Waals surface area contributed by atoms with Crippen LogP contribution in [0.1, 0.15) is 44.1 Å². The van der Waals surface area contributed by atoms with Crippen molar-refractivity contribution in [3.8, 4) is 0 Å². The number of aromatic nitrogens is 2. The van der Waals surface area contributed by atoms with Gasteiger partial charge in [-0.05, 0) is 58.0 Å². The standard InChI is InChI=1S/C26H32FN7O2/c1-32(2)18-9-12-33(15-18)21-8-7-16(13-20(21)27)30-25-29-14-19-22(31-25)34(17-5-3-4-6-17)24(36)26(19)10-11-28-23(26)35/h7-8,13-14,17-18H,3-6,9-12,15H2,1-2H3,(H,28,35)(H,29,30,31)/t18-,26?/m0/s1. The average molecular weight is 494 g/mol. The van der Waals surface area contributed by atoms with Gasteiger partial charge in [0.15, 0.2) is 5.41 Å². The molecule has 3 fully saturated rings. The number of benzene rings is 1. The first-order chi connectivity index (χ1) is 17.4. The predicted octanol–water partition coefficient (Wildman–Crippen LogP) is 2.55. The molecule has 1 aromatic carbocycles. The Labute approximate surface area is 210 Å². The zero-order chi connectivity index (χ0) is 25.0. The van der Waals surface area contributed by atoms with E-state index in [1.165, 1.54) is 6.07 Å². The number of carbonyl (C=O) groups excluding carboxylic acids is 2. The van der Waals surface area contributed by atoms with Gasteiger partial charge in [0.05, 0.1) is 5.69 Å². The smallest absolute Gasteiger partial charge is 0.248 e. The number of nitrogens with one attached hydrogen (secondary N) is 2. The lowest BCUT2D eigenvalue weighted by Crippen LogP contribution is -2.48. The number of amides is 2. The van der Waals surface area contributed by atoms with Crippen LogP contribution in [0.3, 0.4) is 0 Å². The van der Waals surface area contributed by atoms with Crippen LogP contribution >= 0.6 is 0 Å². The van der Waals surface area contributed by atoms with Crippen LogP contribution in [0, 0.1) is 5.82 Å². The van der Waals surface area contributed by atoms with Gasteiger partial charge in [-0.2, -0.15) is 4.98 Å². The summed E-state index contributed by atoms with van der Waals surface area (Å²) in [7, 11) is 4.10. The number of fused-ring (bicyclic) bond motifs is 2. The van der Waals surface area contributed by atoms with Crippen LogP contribution in [0.25, 0.3) is 0 Å². The fourth-order valence-electron chi connectivity index (χ4n) is 6.28. The van der Waals surface area contributed by atoms with Gasteiger partial charge < -0.3 is 20.4 Å². The molecule has 10 heteroatoms. The lowest BCUT2D eigenvalue weighted by Gasteiger charge is -2.26. The summed E-state index contributed by atoms with van der Waals surface area (Å²) in [6.07, 6.45) is 6.91. The van der Waals surface area contributed by atoms with Gasteiger partial charge in [-0.15, -0.1) is 0 Å². The van der Waals surface area contributed by atoms with E-state index in [1.54, 1.807) is 17.2 Å². The third-order valence-electron chi connectivity index (χ3n) is 8.34. The Hall–Kier alpha value is -3.27. The number of halogens is 1. The quantitative estimate of drug-likeness (QED) is 0.619. The summed E-state index contributed by atoms with van der Waals surface area (Å²) in [5, 5.41) is 5.93. The van der Waals surface area contributed by atoms with Gasteiger partial charge in [0.1, 0.15) is 11.6 Å². The van der Waals surface area contributed by atoms with Gasteiger partial charge in [0.2, 0.25) is 17.8 Å². The molecule has 2 saturated heterocycles. The van der Waals surface area contributed by atoms with E-state index in [4.69, 9.17) is 4.98 Å². The molecule has 1 saturated carbocycles. The molecule has 2 N–H and O–H groups in total. The van der Waals surface area contributed by atoms with Crippen LogP contribution in [0.15, 0.2) is 24.4 Å². The van der Waals surface area contributed by atoms with E-state index in [0.29, 0.717) is 41.8 Å². The molecule has 3 aliphatic heterocycles. The minimum absolute atomic E-state index is 0.0370. The molecule has 2 aromatic rings. The van der Waals surface area contributed by atoms with E-state index in [9.17, 15) is 9.59 Å². The van der Waals surface area contributed by atoms with Crippen molar-refractivity contribution in [3.63, 3.8) is 0 Å². The molecule has 6 rings (SSSR count). The molecular formula is C26H32FN7O2. The second-order valence-corrected chi connectivity index (χ2v) is 10.6. The summed E-state index contributed by atoms with van der Waals surface area (Å²) in [5.74, 6) is 0.0220. The summed E-state index contributed by atoms with van der Waals surface area (Å²) in [5.41, 5.74) is 0.465. The molecule has 1 spiro atoms. The largest absolute Gasteiger partial charge is 0.368 e. The Balaban J connectivity index is 1.28. The molecule has 36 heavy (non-hydrogen) atoms. The van der Waals surface area contributed by atoms with E-state index >= 15 is 4.39 Å². The first kappa shape index (κ1) is 23.1. The van der Waals surface area contributed by atoms with E-state index in [-0.39, 0.29) is 29.6 Å². The Morgan fingerprint density at radius 1 is 1.19 bits per heavy atom. The van der Waals surface area contributed by atoms with Gasteiger partial charge in [0.25, 0.3) is 0 Å². The normalized spacial score (nSPS) is 25.9. The summed E-state index contributed by atoms with van der Waals surface area (Å²) in [6.45, 7) is 2.08. The molecule has 1 unspecified atom stereocenters. The highest BCUT2D eigenvalue weighted by Crippen LogP contribution is 2.47. The Morgan fingerprint density at radius 2 is 2.00 bits per heavy atom. The maximum Gasteiger partial charge on any atom is 0.248 e. The van der Waals surface area contributed by atoms with Gasteiger partial charge >= 0.3 is 0 Å². The molecule has 190 valence electrons. The van der Waals surface area contributed by atoms with Gasteiger partial charge in [0, 0.05) is 49.2 Å². The SMILES string of the molecule is CN(C)[C@H]1CCN(c2ccc(Nc3ncc4c(n3)N(C3CCCC3)C(=O)C43CCNC3=O)cc2F)C1. The van der Waals surface area contributed by atoms with Crippen molar-refractivity contribution >= 4 is 35.0 Å². The second kappa shape index (κ2) is 8.69. The van der Waals surface area contributed by atoms with E-state index in [1.807, 2.05) is 6.07 Å². The first-order valence-electron chi connectivity index (χ1n) is 12.9. The van der Waals surface area contributed by atoms with Crippen molar-refractivity contribution in [2.45, 2.75) is 56.0 Å². The molecule has 0 radical (unpaired) electrons. The molecular weight excluding hydrogens is 461 g/mol. The maximum atomic E-state index is 15.1. The van der Waals surface area contributed by atoms with Crippen molar-refractivity contribution in [2.24, 2.45) is 0 Å². The fraction of sp³-hybridized carbons (Fsp3) is 0.538. The zero-order valence-corrected chi connectivity index (χ0v) is 20.8. The minimum atomic E-state index is -1.23. The van der Waals surface area contributed by atoms with Gasteiger partial charge in [-0.25, -0.2) is 9.37 Å². The van der Waals surface area contributed by atoms with Crippen molar-refractivity contribution in [2.75, 3.05) is 48.8 Å². The summed E-state index contributed by atoms with van der Waals surface area (Å²) in [4.78, 5) is 41.6. The van der Waals surface area contributed by atoms with E-state index in [0.717, 1.165) is 45.2 Å². The number of rotatable bonds is 5. The fourth-order valence-corrected chi connectivity index (χ4v) is 6.28. The maximum absolute atomic E-state index is 15.1. The van der Waals surface area contributed by atoms with Crippen LogP contribution < -0.4 is 20.4 Å². The lowest BCUT2D eigenvalue weighted by molar-refractivity contribution is -0.133. The Morgan fingerprint density at radius 3 is 2.67 bits per heavy atom. The van der Waals surface area contributed by atoms with Crippen LogP contribution in [0.5, 0.6) is 0 Å². The van der Waals surface area contributed by atoms with E-state index < -0.39 is 5.41 Å². The second-order valence-electron chi connectivity index (χ2n) is 10.6. The molecule has 1 aliphatic carbocycles. The molecule has 9 nitrogen and oxygen atoms in total. The van der Waals surface area contributed by atoms with E-state index in [2.05, 4.69) is 39.5 Å². The highest BCUT2D eigenvalue weighted by Gasteiger charge is 2.60. The number of hydrogen-bond acceptors (Lipinski definition) is 7. The molecule has 2 atom stereocenters. The molecule has 0 bridgehead atoms. The predicted molar refractivity (Wildman–Crippen MR) is 135 cm³/mol. The number of carbonyl (C=O) groups is 2. The Kier molecular flexibility index (Phi) is 5.59. The van der Waals surface area contributed by atoms with Crippen molar-refractivity contribution in [1.82, 2.24) is 20.2 Å². The van der Waals surface area contributed by atoms with Crippen molar-refractivity contribution in [3.05, 3.63) is 35.8 Å². The third-order valence-corrected chi connectivity index (χ3v) is 8.34. The summed E-state index contributed by atoms with van der Waals surface area (Å²) in [6, 6.07) is 5.52. The number of nitrogens with zero attached hydrogens (tertiary/aromatic N) is 5. The topological polar surface area (TPSA) is 93.7 Å². The van der Waals surface area contributed by atoms with Crippen LogP contribution in [0.4, 0.5) is 27.5 Å². The summed E-state index contributed by atoms with van der Waals surface area (Å²) < 4.78 is 15.1. The van der Waals surface area contributed by atoms with Crippen LogP contribution in [0.2, 0.25) is 0 Å². The monoisotopic (exact) mass is 493 g/mol. The van der Waals surface area contributed by atoms with Crippen molar-refractivity contribution < 1.29 is 14.0 Å². The Bertz CT molecular complexity index is 1210. The van der Waals surface area contributed by atoms with Gasteiger partial charge in [-0.3, -0.25) is 14.5 Å². The van der Waals surface area contributed by atoms with Crippen LogP contribution in [-0.4, -0.2) is 72.5 Å². The average Bonchev–Trinajstić information content (AvgIpc) is 3.64.